The minimum atomic E-state index is 0.220. The molecule has 66 valence electrons. The zero-order valence-electron chi connectivity index (χ0n) is 8.73. The fraction of sp³-hybridized carbons (Fsp3) is 0.500. The molecule has 0 saturated heterocycles. The zero-order valence-corrected chi connectivity index (χ0v) is 8.73. The molecule has 1 aliphatic carbocycles. The van der Waals surface area contributed by atoms with Crippen molar-refractivity contribution in [2.24, 2.45) is 5.41 Å². The molecule has 0 saturated carbocycles. The fourth-order valence-electron chi connectivity index (χ4n) is 1.62. The van der Waals surface area contributed by atoms with E-state index in [4.69, 9.17) is 0 Å². The topological polar surface area (TPSA) is 0 Å². The van der Waals surface area contributed by atoms with Crippen LogP contribution in [0.2, 0.25) is 0 Å². The molecule has 0 aromatic heterocycles. The van der Waals surface area contributed by atoms with E-state index in [9.17, 15) is 0 Å². The second-order valence-electron chi connectivity index (χ2n) is 4.25. The first-order valence-corrected chi connectivity index (χ1v) is 4.49. The lowest BCUT2D eigenvalue weighted by Gasteiger charge is -2.22. The monoisotopic (exact) mass is 162 g/mol. The summed E-state index contributed by atoms with van der Waals surface area (Å²) in [5, 5.41) is 0. The quantitative estimate of drug-likeness (QED) is 0.507. The molecule has 0 aromatic carbocycles. The van der Waals surface area contributed by atoms with Crippen molar-refractivity contribution in [1.82, 2.24) is 0 Å². The number of rotatable bonds is 0. The predicted molar refractivity (Wildman–Crippen MR) is 55.1 cm³/mol. The summed E-state index contributed by atoms with van der Waals surface area (Å²) >= 11 is 0. The third-order valence-corrected chi connectivity index (χ3v) is 2.74. The molecule has 12 heavy (non-hydrogen) atoms. The Balaban J connectivity index is 3.20. The molecule has 0 heterocycles. The second kappa shape index (κ2) is 2.93. The average molecular weight is 162 g/mol. The number of hydrogen-bond acceptors (Lipinski definition) is 0. The highest BCUT2D eigenvalue weighted by Crippen LogP contribution is 2.33. The first-order valence-electron chi connectivity index (χ1n) is 4.49. The summed E-state index contributed by atoms with van der Waals surface area (Å²) in [6.07, 6.45) is 6.72. The van der Waals surface area contributed by atoms with E-state index in [0.29, 0.717) is 0 Å². The molecule has 0 N–H and O–H groups in total. The Labute approximate surface area is 75.7 Å². The molecule has 0 spiro atoms. The fourth-order valence-corrected chi connectivity index (χ4v) is 1.62. The third kappa shape index (κ3) is 1.69. The van der Waals surface area contributed by atoms with E-state index in [1.165, 1.54) is 16.7 Å². The summed E-state index contributed by atoms with van der Waals surface area (Å²) < 4.78 is 0. The van der Waals surface area contributed by atoms with Crippen LogP contribution in [0.25, 0.3) is 0 Å². The number of hydrogen-bond donors (Lipinski definition) is 0. The van der Waals surface area contributed by atoms with Crippen molar-refractivity contribution in [3.63, 3.8) is 0 Å². The van der Waals surface area contributed by atoms with E-state index in [-0.39, 0.29) is 5.41 Å². The van der Waals surface area contributed by atoms with Crippen LogP contribution in [0, 0.1) is 5.41 Å². The van der Waals surface area contributed by atoms with Crippen molar-refractivity contribution in [2.75, 3.05) is 0 Å². The predicted octanol–water partition coefficient (Wildman–Crippen LogP) is 3.87. The van der Waals surface area contributed by atoms with Gasteiger partial charge in [0.25, 0.3) is 0 Å². The van der Waals surface area contributed by atoms with E-state index in [2.05, 4.69) is 52.8 Å². The molecular weight excluding hydrogens is 144 g/mol. The highest BCUT2D eigenvalue weighted by Gasteiger charge is 2.19. The Morgan fingerprint density at radius 1 is 1.00 bits per heavy atom. The van der Waals surface area contributed by atoms with Crippen LogP contribution in [0.1, 0.15) is 34.6 Å². The van der Waals surface area contributed by atoms with Gasteiger partial charge < -0.3 is 0 Å². The van der Waals surface area contributed by atoms with Crippen LogP contribution in [-0.4, -0.2) is 0 Å². The van der Waals surface area contributed by atoms with Crippen LogP contribution in [0.15, 0.2) is 34.9 Å². The van der Waals surface area contributed by atoms with E-state index in [1.807, 2.05) is 0 Å². The normalized spacial score (nSPS) is 22.2. The van der Waals surface area contributed by atoms with Gasteiger partial charge in [-0.15, -0.1) is 0 Å². The maximum Gasteiger partial charge on any atom is 0.00428 e. The van der Waals surface area contributed by atoms with Gasteiger partial charge in [0.1, 0.15) is 0 Å². The second-order valence-corrected chi connectivity index (χ2v) is 4.25. The third-order valence-electron chi connectivity index (χ3n) is 2.74. The van der Waals surface area contributed by atoms with Crippen molar-refractivity contribution in [3.8, 4) is 0 Å². The summed E-state index contributed by atoms with van der Waals surface area (Å²) in [5.74, 6) is 0. The Morgan fingerprint density at radius 2 is 1.58 bits per heavy atom. The molecule has 0 radical (unpaired) electrons. The summed E-state index contributed by atoms with van der Waals surface area (Å²) in [7, 11) is 0. The van der Waals surface area contributed by atoms with Crippen molar-refractivity contribution in [2.45, 2.75) is 34.6 Å². The van der Waals surface area contributed by atoms with Gasteiger partial charge in [-0.2, -0.15) is 0 Å². The first-order chi connectivity index (χ1) is 5.43. The van der Waals surface area contributed by atoms with Crippen LogP contribution in [0.3, 0.4) is 0 Å². The van der Waals surface area contributed by atoms with Gasteiger partial charge in [-0.05, 0) is 20.8 Å². The van der Waals surface area contributed by atoms with Crippen LogP contribution < -0.4 is 0 Å². The summed E-state index contributed by atoms with van der Waals surface area (Å²) in [5.41, 5.74) is 4.44. The number of allylic oxidation sites excluding steroid dienone is 6. The minimum Gasteiger partial charge on any atom is -0.0719 e. The molecule has 1 aliphatic rings. The van der Waals surface area contributed by atoms with Crippen molar-refractivity contribution in [1.29, 1.82) is 0 Å². The molecule has 0 amide bonds. The summed E-state index contributed by atoms with van der Waals surface area (Å²) in [6.45, 7) is 11.1. The van der Waals surface area contributed by atoms with Gasteiger partial charge in [0.05, 0.1) is 0 Å². The average Bonchev–Trinajstić information content (AvgIpc) is 2.03. The highest BCUT2D eigenvalue weighted by molar-refractivity contribution is 5.38. The smallest absolute Gasteiger partial charge is 0.00428 e. The van der Waals surface area contributed by atoms with Crippen molar-refractivity contribution in [3.05, 3.63) is 34.9 Å². The van der Waals surface area contributed by atoms with Crippen molar-refractivity contribution >= 4 is 0 Å². The molecule has 0 fully saturated rings. The van der Waals surface area contributed by atoms with Crippen LogP contribution in [-0.2, 0) is 0 Å². The molecule has 0 aliphatic heterocycles. The summed E-state index contributed by atoms with van der Waals surface area (Å²) in [4.78, 5) is 0. The maximum absolute atomic E-state index is 2.33. The van der Waals surface area contributed by atoms with E-state index >= 15 is 0 Å². The lowest BCUT2D eigenvalue weighted by Crippen LogP contribution is -2.10. The molecular formula is C12H18. The molecule has 0 aromatic rings. The van der Waals surface area contributed by atoms with Crippen LogP contribution in [0.5, 0.6) is 0 Å². The Kier molecular flexibility index (Phi) is 2.27. The summed E-state index contributed by atoms with van der Waals surface area (Å²) in [6, 6.07) is 0. The maximum atomic E-state index is 2.33. The lowest BCUT2D eigenvalue weighted by atomic mass is 9.82. The van der Waals surface area contributed by atoms with Gasteiger partial charge in [-0.3, -0.25) is 0 Å². The molecule has 0 unspecified atom stereocenters. The van der Waals surface area contributed by atoms with E-state index in [0.717, 1.165) is 0 Å². The Hall–Kier alpha value is -0.780. The lowest BCUT2D eigenvalue weighted by molar-refractivity contribution is 0.573. The molecule has 0 nitrogen and oxygen atoms in total. The van der Waals surface area contributed by atoms with Gasteiger partial charge in [-0.25, -0.2) is 0 Å². The van der Waals surface area contributed by atoms with Crippen molar-refractivity contribution < 1.29 is 0 Å². The minimum absolute atomic E-state index is 0.220. The van der Waals surface area contributed by atoms with Gasteiger partial charge in [0, 0.05) is 5.41 Å². The molecule has 1 rings (SSSR count). The van der Waals surface area contributed by atoms with E-state index in [1.54, 1.807) is 0 Å². The SMILES string of the molecule is CC1=CC(C)(C)C(C)=C(C)C=C1. The van der Waals surface area contributed by atoms with E-state index < -0.39 is 0 Å². The van der Waals surface area contributed by atoms with Gasteiger partial charge in [-0.1, -0.05) is 48.8 Å². The molecule has 0 bridgehead atoms. The van der Waals surface area contributed by atoms with Gasteiger partial charge in [0.15, 0.2) is 0 Å². The largest absolute Gasteiger partial charge is 0.0719 e. The molecule has 0 atom stereocenters. The standard InChI is InChI=1S/C12H18/c1-9-6-7-10(2)11(3)12(4,5)8-9/h6-8H,1-5H3. The zero-order chi connectivity index (χ0) is 9.35. The molecule has 0 heteroatoms. The van der Waals surface area contributed by atoms with Gasteiger partial charge >= 0.3 is 0 Å². The van der Waals surface area contributed by atoms with Gasteiger partial charge in [0.2, 0.25) is 0 Å². The Morgan fingerprint density at radius 3 is 2.17 bits per heavy atom. The first kappa shape index (κ1) is 9.31. The highest BCUT2D eigenvalue weighted by atomic mass is 14.2. The van der Waals surface area contributed by atoms with Crippen LogP contribution in [0.4, 0.5) is 0 Å². The van der Waals surface area contributed by atoms with Crippen LogP contribution >= 0.6 is 0 Å². The Bertz CT molecular complexity index is 272.